The highest BCUT2D eigenvalue weighted by Gasteiger charge is 2.17. The molecule has 2 heterocycles. The average molecular weight is 372 g/mol. The largest absolute Gasteiger partial charge is 0.444 e. The summed E-state index contributed by atoms with van der Waals surface area (Å²) in [6.45, 7) is 3.46. The van der Waals surface area contributed by atoms with Crippen LogP contribution in [0.5, 0.6) is 0 Å². The van der Waals surface area contributed by atoms with Crippen LogP contribution in [0.2, 0.25) is 0 Å². The van der Waals surface area contributed by atoms with Gasteiger partial charge in [-0.1, -0.05) is 17.8 Å². The lowest BCUT2D eigenvalue weighted by Crippen LogP contribution is -2.14. The summed E-state index contributed by atoms with van der Waals surface area (Å²) in [6.07, 6.45) is 0. The Bertz CT molecular complexity index is 1010. The van der Waals surface area contributed by atoms with Crippen LogP contribution < -0.4 is 5.32 Å². The van der Waals surface area contributed by atoms with Gasteiger partial charge in [0, 0.05) is 11.1 Å². The van der Waals surface area contributed by atoms with E-state index >= 15 is 0 Å². The van der Waals surface area contributed by atoms with Crippen LogP contribution in [0.25, 0.3) is 11.5 Å². The molecule has 0 atom stereocenters. The summed E-state index contributed by atoms with van der Waals surface area (Å²) < 4.78 is 24.0. The number of amides is 1. The minimum atomic E-state index is -0.411. The third-order valence-corrected chi connectivity index (χ3v) is 4.37. The predicted molar refractivity (Wildman–Crippen MR) is 91.9 cm³/mol. The highest BCUT2D eigenvalue weighted by molar-refractivity contribution is 7.99. The fraction of sp³-hybridized carbons (Fsp3) is 0.176. The first-order valence-corrected chi connectivity index (χ1v) is 8.48. The zero-order chi connectivity index (χ0) is 18.7. The van der Waals surface area contributed by atoms with Crippen molar-refractivity contribution in [2.45, 2.75) is 19.1 Å². The van der Waals surface area contributed by atoms with Gasteiger partial charge in [-0.2, -0.15) is 5.26 Å². The Morgan fingerprint density at radius 2 is 2.15 bits per heavy atom. The molecular formula is C17H13FN4O3S. The Kier molecular flexibility index (Phi) is 5.04. The Labute approximate surface area is 152 Å². The van der Waals surface area contributed by atoms with Gasteiger partial charge in [0.25, 0.3) is 5.22 Å². The lowest BCUT2D eigenvalue weighted by Gasteiger charge is -2.00. The van der Waals surface area contributed by atoms with Gasteiger partial charge >= 0.3 is 0 Å². The van der Waals surface area contributed by atoms with Crippen LogP contribution in [-0.4, -0.2) is 21.9 Å². The third kappa shape index (κ3) is 3.75. The smallest absolute Gasteiger partial charge is 0.277 e. The van der Waals surface area contributed by atoms with E-state index in [0.29, 0.717) is 22.5 Å². The van der Waals surface area contributed by atoms with Crippen molar-refractivity contribution in [3.8, 4) is 17.5 Å². The third-order valence-electron chi connectivity index (χ3n) is 3.55. The second-order valence-electron chi connectivity index (χ2n) is 5.32. The van der Waals surface area contributed by atoms with Gasteiger partial charge in [-0.15, -0.1) is 10.2 Å². The monoisotopic (exact) mass is 372 g/mol. The molecule has 0 saturated carbocycles. The molecule has 3 aromatic rings. The number of nitriles is 1. The molecule has 2 aromatic heterocycles. The molecule has 0 bridgehead atoms. The molecule has 0 spiro atoms. The van der Waals surface area contributed by atoms with Crippen LogP contribution in [-0.2, 0) is 4.79 Å². The Morgan fingerprint density at radius 1 is 1.35 bits per heavy atom. The molecule has 7 nitrogen and oxygen atoms in total. The summed E-state index contributed by atoms with van der Waals surface area (Å²) in [4.78, 5) is 12.1. The molecule has 1 aromatic carbocycles. The van der Waals surface area contributed by atoms with Crippen molar-refractivity contribution in [3.05, 3.63) is 47.0 Å². The van der Waals surface area contributed by atoms with E-state index in [2.05, 4.69) is 15.5 Å². The number of nitrogens with one attached hydrogen (secondary N) is 1. The minimum Gasteiger partial charge on any atom is -0.444 e. The summed E-state index contributed by atoms with van der Waals surface area (Å²) in [7, 11) is 0. The zero-order valence-corrected chi connectivity index (χ0v) is 14.7. The number of anilines is 1. The van der Waals surface area contributed by atoms with Crippen LogP contribution in [0.15, 0.2) is 38.3 Å². The van der Waals surface area contributed by atoms with Crippen LogP contribution in [0, 0.1) is 31.0 Å². The molecule has 0 fully saturated rings. The summed E-state index contributed by atoms with van der Waals surface area (Å²) in [5.41, 5.74) is 1.44. The van der Waals surface area contributed by atoms with E-state index in [9.17, 15) is 9.18 Å². The predicted octanol–water partition coefficient (Wildman–Crippen LogP) is 3.69. The van der Waals surface area contributed by atoms with Crippen LogP contribution in [0.4, 0.5) is 10.3 Å². The van der Waals surface area contributed by atoms with Gasteiger partial charge in [0.2, 0.25) is 17.7 Å². The maximum Gasteiger partial charge on any atom is 0.277 e. The molecule has 132 valence electrons. The number of aromatic nitrogens is 2. The number of carbonyl (C=O) groups is 1. The first-order valence-electron chi connectivity index (χ1n) is 7.50. The molecule has 9 heteroatoms. The molecule has 0 aliphatic heterocycles. The summed E-state index contributed by atoms with van der Waals surface area (Å²) in [5.74, 6) is 0.0445. The number of carbonyl (C=O) groups excluding carboxylic acids is 1. The molecule has 0 aliphatic rings. The number of hydrogen-bond acceptors (Lipinski definition) is 7. The number of halogens is 1. The van der Waals surface area contributed by atoms with Crippen LogP contribution in [0.3, 0.4) is 0 Å². The van der Waals surface area contributed by atoms with Crippen molar-refractivity contribution in [1.29, 1.82) is 5.26 Å². The first-order chi connectivity index (χ1) is 12.5. The van der Waals surface area contributed by atoms with Crippen molar-refractivity contribution in [1.82, 2.24) is 10.2 Å². The van der Waals surface area contributed by atoms with Crippen LogP contribution >= 0.6 is 11.8 Å². The zero-order valence-electron chi connectivity index (χ0n) is 13.9. The Balaban J connectivity index is 1.62. The second-order valence-corrected chi connectivity index (χ2v) is 6.25. The van der Waals surface area contributed by atoms with Crippen molar-refractivity contribution in [2.75, 3.05) is 11.1 Å². The molecule has 0 aliphatic carbocycles. The van der Waals surface area contributed by atoms with Gasteiger partial charge in [0.15, 0.2) is 0 Å². The molecule has 1 amide bonds. The van der Waals surface area contributed by atoms with Gasteiger partial charge in [-0.25, -0.2) is 4.39 Å². The van der Waals surface area contributed by atoms with Crippen LogP contribution in [0.1, 0.15) is 16.9 Å². The van der Waals surface area contributed by atoms with Crippen molar-refractivity contribution < 1.29 is 18.0 Å². The topological polar surface area (TPSA) is 105 Å². The highest BCUT2D eigenvalue weighted by atomic mass is 32.2. The molecule has 1 N–H and O–H groups in total. The van der Waals surface area contributed by atoms with E-state index in [1.54, 1.807) is 19.9 Å². The van der Waals surface area contributed by atoms with Crippen molar-refractivity contribution in [2.24, 2.45) is 0 Å². The van der Waals surface area contributed by atoms with Gasteiger partial charge in [0.1, 0.15) is 23.2 Å². The number of thioether (sulfide) groups is 1. The van der Waals surface area contributed by atoms with Gasteiger partial charge < -0.3 is 8.83 Å². The molecule has 26 heavy (non-hydrogen) atoms. The van der Waals surface area contributed by atoms with E-state index in [1.165, 1.54) is 18.2 Å². The van der Waals surface area contributed by atoms with E-state index in [0.717, 1.165) is 11.8 Å². The van der Waals surface area contributed by atoms with E-state index in [1.807, 2.05) is 6.07 Å². The molecular weight excluding hydrogens is 359 g/mol. The van der Waals surface area contributed by atoms with Gasteiger partial charge in [0.05, 0.1) is 5.75 Å². The Morgan fingerprint density at radius 3 is 2.88 bits per heavy atom. The maximum absolute atomic E-state index is 13.2. The van der Waals surface area contributed by atoms with Gasteiger partial charge in [-0.3, -0.25) is 10.1 Å². The normalized spacial score (nSPS) is 10.5. The molecule has 0 saturated heterocycles. The number of nitrogens with zero attached hydrogens (tertiary/aromatic N) is 3. The second kappa shape index (κ2) is 7.41. The number of benzene rings is 1. The van der Waals surface area contributed by atoms with E-state index in [4.69, 9.17) is 14.1 Å². The van der Waals surface area contributed by atoms with Gasteiger partial charge in [-0.05, 0) is 32.0 Å². The fourth-order valence-electron chi connectivity index (χ4n) is 2.15. The summed E-state index contributed by atoms with van der Waals surface area (Å²) >= 11 is 1.02. The fourth-order valence-corrected chi connectivity index (χ4v) is 2.71. The van der Waals surface area contributed by atoms with Crippen molar-refractivity contribution >= 4 is 23.6 Å². The first kappa shape index (κ1) is 17.7. The van der Waals surface area contributed by atoms with Crippen molar-refractivity contribution in [3.63, 3.8) is 0 Å². The highest BCUT2D eigenvalue weighted by Crippen LogP contribution is 2.26. The Hall–Kier alpha value is -3.12. The van der Waals surface area contributed by atoms with E-state index in [-0.39, 0.29) is 28.7 Å². The number of furan rings is 1. The molecule has 0 unspecified atom stereocenters. The lowest BCUT2D eigenvalue weighted by molar-refractivity contribution is -0.113. The quantitative estimate of drug-likeness (QED) is 0.681. The number of aryl methyl sites for hydroxylation is 1. The SMILES string of the molecule is Cc1oc(NC(=O)CSc2nnc(-c3cccc(F)c3)o2)c(C#N)c1C. The summed E-state index contributed by atoms with van der Waals surface area (Å²) in [6, 6.07) is 7.77. The lowest BCUT2D eigenvalue weighted by atomic mass is 10.2. The molecule has 3 rings (SSSR count). The van der Waals surface area contributed by atoms with E-state index < -0.39 is 5.82 Å². The number of hydrogen-bond donors (Lipinski definition) is 1. The summed E-state index contributed by atoms with van der Waals surface area (Å²) in [5, 5.41) is 19.5. The number of rotatable bonds is 5. The minimum absolute atomic E-state index is 0.0194. The standard InChI is InChI=1S/C17H13FN4O3S/c1-9-10(2)24-16(13(9)7-19)20-14(23)8-26-17-22-21-15(25-17)11-4-3-5-12(18)6-11/h3-6H,8H2,1-2H3,(H,20,23). The maximum atomic E-state index is 13.2. The molecule has 0 radical (unpaired) electrons. The average Bonchev–Trinajstić information content (AvgIpc) is 3.18.